The predicted molar refractivity (Wildman–Crippen MR) is 75.4 cm³/mol. The summed E-state index contributed by atoms with van der Waals surface area (Å²) in [7, 11) is 1.39. The SMILES string of the molecule is COc1ccc(C=NN)cc1COc1c(F)c(F)cc(F)c1F. The van der Waals surface area contributed by atoms with Crippen molar-refractivity contribution < 1.29 is 27.0 Å². The van der Waals surface area contributed by atoms with Crippen LogP contribution in [0.3, 0.4) is 0 Å². The molecule has 4 nitrogen and oxygen atoms in total. The van der Waals surface area contributed by atoms with Crippen LogP contribution in [0.4, 0.5) is 17.6 Å². The number of rotatable bonds is 5. The molecule has 23 heavy (non-hydrogen) atoms. The average molecular weight is 328 g/mol. The Morgan fingerprint density at radius 2 is 1.74 bits per heavy atom. The van der Waals surface area contributed by atoms with Gasteiger partial charge in [0.15, 0.2) is 17.4 Å². The fourth-order valence-corrected chi connectivity index (χ4v) is 1.91. The van der Waals surface area contributed by atoms with E-state index in [2.05, 4.69) is 5.10 Å². The van der Waals surface area contributed by atoms with E-state index < -0.39 is 29.0 Å². The first kappa shape index (κ1) is 16.6. The molecule has 0 aliphatic heterocycles. The van der Waals surface area contributed by atoms with Crippen LogP contribution in [-0.4, -0.2) is 13.3 Å². The van der Waals surface area contributed by atoms with E-state index in [1.165, 1.54) is 13.3 Å². The summed E-state index contributed by atoms with van der Waals surface area (Å²) >= 11 is 0. The molecule has 0 aliphatic carbocycles. The summed E-state index contributed by atoms with van der Waals surface area (Å²) in [6, 6.07) is 4.85. The van der Waals surface area contributed by atoms with E-state index in [4.69, 9.17) is 15.3 Å². The number of benzene rings is 2. The van der Waals surface area contributed by atoms with E-state index in [9.17, 15) is 17.6 Å². The van der Waals surface area contributed by atoms with Gasteiger partial charge in [-0.15, -0.1) is 0 Å². The Morgan fingerprint density at radius 3 is 2.30 bits per heavy atom. The Labute approximate surface area is 129 Å². The minimum Gasteiger partial charge on any atom is -0.496 e. The summed E-state index contributed by atoms with van der Waals surface area (Å²) in [4.78, 5) is 0. The van der Waals surface area contributed by atoms with E-state index in [1.54, 1.807) is 18.2 Å². The van der Waals surface area contributed by atoms with Gasteiger partial charge in [0.25, 0.3) is 0 Å². The van der Waals surface area contributed by atoms with E-state index in [0.29, 0.717) is 16.9 Å². The molecule has 122 valence electrons. The molecule has 0 spiro atoms. The van der Waals surface area contributed by atoms with Crippen LogP contribution in [0.5, 0.6) is 11.5 Å². The third kappa shape index (κ3) is 3.53. The lowest BCUT2D eigenvalue weighted by Crippen LogP contribution is -2.05. The Kier molecular flexibility index (Phi) is 5.05. The van der Waals surface area contributed by atoms with Crippen molar-refractivity contribution in [1.82, 2.24) is 0 Å². The standard InChI is InChI=1S/C15H12F4N2O2/c1-22-12-3-2-8(6-21-20)4-9(12)7-23-15-13(18)10(16)5-11(17)14(15)19/h2-6H,7,20H2,1H3. The van der Waals surface area contributed by atoms with E-state index in [0.717, 1.165) is 0 Å². The van der Waals surface area contributed by atoms with Crippen LogP contribution in [0.1, 0.15) is 11.1 Å². The summed E-state index contributed by atoms with van der Waals surface area (Å²) in [6.45, 7) is -0.383. The van der Waals surface area contributed by atoms with E-state index in [1.807, 2.05) is 0 Å². The Bertz CT molecular complexity index is 724. The second kappa shape index (κ2) is 6.99. The minimum absolute atomic E-state index is 0.108. The van der Waals surface area contributed by atoms with Crippen molar-refractivity contribution in [3.8, 4) is 11.5 Å². The van der Waals surface area contributed by atoms with Crippen molar-refractivity contribution >= 4 is 6.21 Å². The van der Waals surface area contributed by atoms with Crippen LogP contribution < -0.4 is 15.3 Å². The molecule has 0 aliphatic rings. The average Bonchev–Trinajstić information content (AvgIpc) is 2.53. The van der Waals surface area contributed by atoms with Gasteiger partial charge < -0.3 is 15.3 Å². The van der Waals surface area contributed by atoms with Crippen molar-refractivity contribution in [3.05, 3.63) is 58.7 Å². The van der Waals surface area contributed by atoms with E-state index in [-0.39, 0.29) is 12.7 Å². The summed E-state index contributed by atoms with van der Waals surface area (Å²) in [5.74, 6) is -2.05. The van der Waals surface area contributed by atoms with Gasteiger partial charge in [-0.1, -0.05) is 0 Å². The highest BCUT2D eigenvalue weighted by Gasteiger charge is 2.21. The summed E-state index contributed by atoms with van der Waals surface area (Å²) in [5, 5.41) is 3.35. The van der Waals surface area contributed by atoms with Crippen molar-refractivity contribution in [2.45, 2.75) is 6.61 Å². The first-order chi connectivity index (χ1) is 11.0. The topological polar surface area (TPSA) is 56.8 Å². The molecule has 0 bridgehead atoms. The first-order valence-electron chi connectivity index (χ1n) is 6.34. The Morgan fingerprint density at radius 1 is 1.09 bits per heavy atom. The molecule has 2 N–H and O–H groups in total. The fraction of sp³-hybridized carbons (Fsp3) is 0.133. The van der Waals surface area contributed by atoms with Crippen LogP contribution in [0.25, 0.3) is 0 Å². The smallest absolute Gasteiger partial charge is 0.203 e. The summed E-state index contributed by atoms with van der Waals surface area (Å²) < 4.78 is 63.4. The van der Waals surface area contributed by atoms with Gasteiger partial charge in [0, 0.05) is 11.6 Å². The molecule has 0 unspecified atom stereocenters. The molecule has 2 aromatic rings. The van der Waals surface area contributed by atoms with E-state index >= 15 is 0 Å². The quantitative estimate of drug-likeness (QED) is 0.302. The number of hydrogen-bond acceptors (Lipinski definition) is 4. The molecule has 0 fully saturated rings. The highest BCUT2D eigenvalue weighted by atomic mass is 19.2. The van der Waals surface area contributed by atoms with Crippen LogP contribution in [0, 0.1) is 23.3 Å². The van der Waals surface area contributed by atoms with Gasteiger partial charge in [-0.3, -0.25) is 0 Å². The maximum Gasteiger partial charge on any atom is 0.203 e. The van der Waals surface area contributed by atoms with Gasteiger partial charge >= 0.3 is 0 Å². The normalized spacial score (nSPS) is 11.0. The number of hydrogen-bond donors (Lipinski definition) is 1. The minimum atomic E-state index is -1.61. The van der Waals surface area contributed by atoms with Gasteiger partial charge in [-0.25, -0.2) is 8.78 Å². The second-order valence-electron chi connectivity index (χ2n) is 4.44. The van der Waals surface area contributed by atoms with Crippen LogP contribution in [0.15, 0.2) is 29.4 Å². The molecule has 0 saturated heterocycles. The zero-order valence-electron chi connectivity index (χ0n) is 11.9. The van der Waals surface area contributed by atoms with Crippen molar-refractivity contribution in [2.75, 3.05) is 7.11 Å². The second-order valence-corrected chi connectivity index (χ2v) is 4.44. The maximum atomic E-state index is 13.6. The molecule has 2 rings (SSSR count). The number of methoxy groups -OCH3 is 1. The highest BCUT2D eigenvalue weighted by Crippen LogP contribution is 2.28. The number of halogens is 4. The zero-order valence-corrected chi connectivity index (χ0v) is 11.9. The van der Waals surface area contributed by atoms with Gasteiger partial charge in [-0.05, 0) is 23.8 Å². The van der Waals surface area contributed by atoms with Gasteiger partial charge in [0.1, 0.15) is 12.4 Å². The molecule has 8 heteroatoms. The number of nitrogens with two attached hydrogens (primary N) is 1. The molecule has 0 amide bonds. The molecule has 0 heterocycles. The largest absolute Gasteiger partial charge is 0.496 e. The Hall–Kier alpha value is -2.77. The number of nitrogens with zero attached hydrogens (tertiary/aromatic N) is 1. The van der Waals surface area contributed by atoms with Gasteiger partial charge in [0.05, 0.1) is 13.3 Å². The van der Waals surface area contributed by atoms with Crippen LogP contribution in [-0.2, 0) is 6.61 Å². The lowest BCUT2D eigenvalue weighted by molar-refractivity contribution is 0.256. The maximum absolute atomic E-state index is 13.6. The highest BCUT2D eigenvalue weighted by molar-refractivity contribution is 5.80. The summed E-state index contributed by atoms with van der Waals surface area (Å²) in [5.41, 5.74) is 0.964. The molecule has 0 atom stereocenters. The van der Waals surface area contributed by atoms with Gasteiger partial charge in [-0.2, -0.15) is 13.9 Å². The van der Waals surface area contributed by atoms with Crippen molar-refractivity contribution in [2.24, 2.45) is 10.9 Å². The van der Waals surface area contributed by atoms with Crippen molar-refractivity contribution in [3.63, 3.8) is 0 Å². The third-order valence-corrected chi connectivity index (χ3v) is 2.97. The van der Waals surface area contributed by atoms with Crippen LogP contribution >= 0.6 is 0 Å². The molecular formula is C15H12F4N2O2. The molecule has 0 saturated carbocycles. The Balaban J connectivity index is 2.33. The van der Waals surface area contributed by atoms with Gasteiger partial charge in [0.2, 0.25) is 11.6 Å². The predicted octanol–water partition coefficient (Wildman–Crippen LogP) is 3.12. The lowest BCUT2D eigenvalue weighted by Gasteiger charge is -2.12. The first-order valence-corrected chi connectivity index (χ1v) is 6.34. The monoisotopic (exact) mass is 328 g/mol. The number of ether oxygens (including phenoxy) is 2. The van der Waals surface area contributed by atoms with Crippen LogP contribution in [0.2, 0.25) is 0 Å². The zero-order chi connectivity index (χ0) is 17.0. The third-order valence-electron chi connectivity index (χ3n) is 2.97. The molecular weight excluding hydrogens is 316 g/mol. The lowest BCUT2D eigenvalue weighted by atomic mass is 10.1. The fourth-order valence-electron chi connectivity index (χ4n) is 1.91. The molecule has 0 radical (unpaired) electrons. The summed E-state index contributed by atoms with van der Waals surface area (Å²) in [6.07, 6.45) is 1.34. The van der Waals surface area contributed by atoms with Crippen molar-refractivity contribution in [1.29, 1.82) is 0 Å². The molecule has 2 aromatic carbocycles. The molecule has 0 aromatic heterocycles. The number of hydrazone groups is 1.